The van der Waals surface area contributed by atoms with Gasteiger partial charge in [0.1, 0.15) is 36.3 Å². The third-order valence-electron chi connectivity index (χ3n) is 14.0. The second kappa shape index (κ2) is 14.6. The molecule has 12 nitrogen and oxygen atoms in total. The van der Waals surface area contributed by atoms with Crippen LogP contribution in [0.5, 0.6) is 0 Å². The summed E-state index contributed by atoms with van der Waals surface area (Å²) in [5.74, 6) is -0.717. The molecule has 0 aromatic heterocycles. The van der Waals surface area contributed by atoms with Gasteiger partial charge in [-0.05, 0) is 62.0 Å². The molecule has 0 saturated carbocycles. The topological polar surface area (TPSA) is 144 Å². The molecule has 10 saturated heterocycles. The molecule has 10 rings (SSSR count). The SMILES string of the molecule is C=C1C[C@@H]2CC[C@@]34C[C@@H]5O[C@@H]6C(O[C@H]7CC[C@H](CC(=O)C[C@@H]8[C@@H](OC)[C@@H](C[C@H](O)CC#N)O[C@H]8C[C@H]8O[C@@H](CC[C@@H]1O2)C[C@@H](C)C8=C)O[C@@H]7[C@@H]6O3)[C@H]5O4. The molecular weight excluding hydrogens is 682 g/mol. The number of nitriles is 1. The number of Topliss-reactive ketones (excluding diaryl/α,β-unsaturated/α-hetero) is 1. The maximum Gasteiger partial charge on any atom is 0.172 e. The van der Waals surface area contributed by atoms with Gasteiger partial charge in [-0.15, -0.1) is 0 Å². The molecule has 1 unspecified atom stereocenters. The largest absolute Gasteiger partial charge is 0.392 e. The zero-order valence-corrected chi connectivity index (χ0v) is 31.2. The van der Waals surface area contributed by atoms with Crippen LogP contribution in [0.3, 0.4) is 0 Å². The van der Waals surface area contributed by atoms with E-state index in [0.717, 1.165) is 49.7 Å². The minimum absolute atomic E-state index is 0.000969. The molecule has 0 radical (unpaired) electrons. The van der Waals surface area contributed by atoms with E-state index in [4.69, 9.17) is 42.6 Å². The Labute approximate surface area is 312 Å². The van der Waals surface area contributed by atoms with Crippen LogP contribution >= 0.6 is 0 Å². The molecule has 10 aliphatic heterocycles. The standard InChI is InChI=1S/C41H57NO11/c1-20-13-25-5-7-29-21(2)14-27(46-29)9-11-41-19-34-37(52-41)38-39(51-34)40(53-41)36-30(50-38)8-6-26(48-36)15-24(44)16-28-32(18-31(47-25)22(20)3)49-33(35(28)45-4)17-23(43)10-12-42/h20,23,25-40,43H,2-3,5-11,13-19H2,1,4H3/t20-,23-,25+,26-,27+,28+,29+,30+,31-,32+,33-,34+,35-,36+,37+,38?,39-,40+,41+/m1/s1. The summed E-state index contributed by atoms with van der Waals surface area (Å²) < 4.78 is 60.0. The van der Waals surface area contributed by atoms with E-state index in [9.17, 15) is 15.2 Å². The molecule has 10 aliphatic rings. The van der Waals surface area contributed by atoms with E-state index < -0.39 is 24.1 Å². The molecule has 10 heterocycles. The van der Waals surface area contributed by atoms with Gasteiger partial charge in [0.15, 0.2) is 5.79 Å². The number of carbonyl (C=O) groups excluding carboxylic acids is 1. The zero-order chi connectivity index (χ0) is 36.6. The van der Waals surface area contributed by atoms with Crippen molar-refractivity contribution in [1.82, 2.24) is 0 Å². The van der Waals surface area contributed by atoms with Crippen molar-refractivity contribution in [3.05, 3.63) is 24.3 Å². The normalized spacial score (nSPS) is 51.4. The number of hydrogen-bond acceptors (Lipinski definition) is 12. The van der Waals surface area contributed by atoms with Crippen molar-refractivity contribution in [2.45, 2.75) is 200 Å². The quantitative estimate of drug-likeness (QED) is 0.409. The zero-order valence-electron chi connectivity index (χ0n) is 31.2. The number of methoxy groups -OCH3 is 1. The van der Waals surface area contributed by atoms with Crippen LogP contribution in [0, 0.1) is 23.2 Å². The van der Waals surface area contributed by atoms with Crippen molar-refractivity contribution in [3.63, 3.8) is 0 Å². The van der Waals surface area contributed by atoms with Crippen LogP contribution in [0.25, 0.3) is 0 Å². The Kier molecular flexibility index (Phi) is 10.2. The number of ketones is 1. The van der Waals surface area contributed by atoms with E-state index in [-0.39, 0.29) is 123 Å². The van der Waals surface area contributed by atoms with Crippen LogP contribution in [0.4, 0.5) is 0 Å². The minimum Gasteiger partial charge on any atom is -0.392 e. The number of hydrogen-bond donors (Lipinski definition) is 1. The van der Waals surface area contributed by atoms with E-state index in [1.807, 2.05) is 0 Å². The summed E-state index contributed by atoms with van der Waals surface area (Å²) in [7, 11) is 1.63. The Balaban J connectivity index is 0.992. The predicted octanol–water partition coefficient (Wildman–Crippen LogP) is 4.39. The van der Waals surface area contributed by atoms with Gasteiger partial charge in [-0.2, -0.15) is 5.26 Å². The van der Waals surface area contributed by atoms with Gasteiger partial charge < -0.3 is 47.7 Å². The van der Waals surface area contributed by atoms with E-state index in [1.54, 1.807) is 7.11 Å². The third kappa shape index (κ3) is 6.89. The molecule has 53 heavy (non-hydrogen) atoms. The molecule has 292 valence electrons. The lowest BCUT2D eigenvalue weighted by Gasteiger charge is -2.47. The van der Waals surface area contributed by atoms with E-state index in [0.29, 0.717) is 25.7 Å². The lowest BCUT2D eigenvalue weighted by atomic mass is 9.81. The molecule has 1 spiro atoms. The van der Waals surface area contributed by atoms with Gasteiger partial charge in [0, 0.05) is 51.6 Å². The van der Waals surface area contributed by atoms with E-state index in [2.05, 4.69) is 26.2 Å². The van der Waals surface area contributed by atoms with Crippen LogP contribution in [-0.4, -0.2) is 121 Å². The summed E-state index contributed by atoms with van der Waals surface area (Å²) in [6, 6.07) is 2.06. The van der Waals surface area contributed by atoms with Crippen LogP contribution in [0.2, 0.25) is 0 Å². The first-order chi connectivity index (χ1) is 25.6. The number of nitrogens with zero attached hydrogens (tertiary/aromatic N) is 1. The van der Waals surface area contributed by atoms with Crippen LogP contribution < -0.4 is 0 Å². The highest BCUT2D eigenvalue weighted by atomic mass is 16.8. The van der Waals surface area contributed by atoms with Gasteiger partial charge in [-0.3, -0.25) is 4.79 Å². The second-order valence-electron chi connectivity index (χ2n) is 17.6. The Morgan fingerprint density at radius 3 is 2.42 bits per heavy atom. The molecule has 0 aromatic rings. The van der Waals surface area contributed by atoms with Crippen LogP contribution in [-0.2, 0) is 47.4 Å². The van der Waals surface area contributed by atoms with Crippen molar-refractivity contribution < 1.29 is 52.5 Å². The minimum atomic E-state index is -0.854. The summed E-state index contributed by atoms with van der Waals surface area (Å²) in [5.41, 5.74) is 2.17. The summed E-state index contributed by atoms with van der Waals surface area (Å²) >= 11 is 0. The molecule has 12 bridgehead atoms. The summed E-state index contributed by atoms with van der Waals surface area (Å²) in [6.07, 6.45) is 4.10. The molecule has 0 aliphatic carbocycles. The molecule has 0 aromatic carbocycles. The number of carbonyl (C=O) groups is 1. The van der Waals surface area contributed by atoms with E-state index in [1.165, 1.54) is 0 Å². The molecule has 12 heteroatoms. The predicted molar refractivity (Wildman–Crippen MR) is 187 cm³/mol. The fourth-order valence-corrected chi connectivity index (χ4v) is 11.4. The Bertz CT molecular complexity index is 1470. The lowest BCUT2D eigenvalue weighted by molar-refractivity contribution is -0.292. The molecule has 19 atom stereocenters. The Hall–Kier alpha value is -1.76. The molecule has 0 amide bonds. The Morgan fingerprint density at radius 1 is 0.830 bits per heavy atom. The average Bonchev–Trinajstić information content (AvgIpc) is 3.80. The summed E-state index contributed by atoms with van der Waals surface area (Å²) in [5, 5.41) is 19.9. The number of rotatable bonds is 4. The average molecular weight is 740 g/mol. The Morgan fingerprint density at radius 2 is 1.58 bits per heavy atom. The number of aliphatic hydroxyl groups is 1. The number of ether oxygens (including phenoxy) is 9. The van der Waals surface area contributed by atoms with Crippen molar-refractivity contribution in [2.75, 3.05) is 7.11 Å². The van der Waals surface area contributed by atoms with Crippen molar-refractivity contribution in [1.29, 1.82) is 5.26 Å². The maximum atomic E-state index is 14.1. The summed E-state index contributed by atoms with van der Waals surface area (Å²) in [6.45, 7) is 11.1. The van der Waals surface area contributed by atoms with Crippen LogP contribution in [0.15, 0.2) is 24.3 Å². The van der Waals surface area contributed by atoms with Gasteiger partial charge in [0.2, 0.25) is 0 Å². The first-order valence-electron chi connectivity index (χ1n) is 20.3. The van der Waals surface area contributed by atoms with Crippen molar-refractivity contribution in [2.24, 2.45) is 11.8 Å². The highest BCUT2D eigenvalue weighted by Crippen LogP contribution is 2.54. The number of fused-ring (bicyclic) bond motifs is 6. The van der Waals surface area contributed by atoms with Gasteiger partial charge in [-0.1, -0.05) is 20.1 Å². The fourth-order valence-electron chi connectivity index (χ4n) is 11.4. The molecule has 10 fully saturated rings. The van der Waals surface area contributed by atoms with E-state index >= 15 is 0 Å². The highest BCUT2D eigenvalue weighted by Gasteiger charge is 2.68. The third-order valence-corrected chi connectivity index (χ3v) is 14.0. The monoisotopic (exact) mass is 739 g/mol. The van der Waals surface area contributed by atoms with Crippen molar-refractivity contribution in [3.8, 4) is 6.07 Å². The van der Waals surface area contributed by atoms with Crippen molar-refractivity contribution >= 4 is 5.78 Å². The first kappa shape index (κ1) is 36.9. The van der Waals surface area contributed by atoms with Gasteiger partial charge >= 0.3 is 0 Å². The molecule has 1 N–H and O–H groups in total. The summed E-state index contributed by atoms with van der Waals surface area (Å²) in [4.78, 5) is 14.1. The first-order valence-corrected chi connectivity index (χ1v) is 20.3. The fraction of sp³-hybridized carbons (Fsp3) is 0.854. The smallest absolute Gasteiger partial charge is 0.172 e. The number of aliphatic hydroxyl groups excluding tert-OH is 1. The lowest BCUT2D eigenvalue weighted by Crippen LogP contribution is -2.61. The highest BCUT2D eigenvalue weighted by molar-refractivity contribution is 5.79. The second-order valence-corrected chi connectivity index (χ2v) is 17.6. The van der Waals surface area contributed by atoms with Crippen LogP contribution in [0.1, 0.15) is 96.8 Å². The van der Waals surface area contributed by atoms with Gasteiger partial charge in [0.25, 0.3) is 0 Å². The van der Waals surface area contributed by atoms with Gasteiger partial charge in [0.05, 0.1) is 79.6 Å². The maximum absolute atomic E-state index is 14.1. The molecular formula is C41H57NO11. The van der Waals surface area contributed by atoms with Gasteiger partial charge in [-0.25, -0.2) is 0 Å².